The molecule has 2 saturated carbocycles. The highest BCUT2D eigenvalue weighted by molar-refractivity contribution is 5.92. The zero-order valence-electron chi connectivity index (χ0n) is 23.7. The molecule has 0 radical (unpaired) electrons. The first-order chi connectivity index (χ1) is 18.8. The minimum absolute atomic E-state index is 0.00728. The van der Waals surface area contributed by atoms with Crippen LogP contribution in [0.15, 0.2) is 36.4 Å². The van der Waals surface area contributed by atoms with E-state index in [9.17, 15) is 9.90 Å². The maximum absolute atomic E-state index is 13.5. The number of hydrogen-bond acceptors (Lipinski definition) is 5. The summed E-state index contributed by atoms with van der Waals surface area (Å²) < 4.78 is 6.83. The molecule has 2 bridgehead atoms. The third kappa shape index (κ3) is 3.81. The normalized spacial score (nSPS) is 30.7. The first kappa shape index (κ1) is 25.0. The molecule has 206 valence electrons. The van der Waals surface area contributed by atoms with Gasteiger partial charge in [0.2, 0.25) is 5.91 Å². The number of aromatic hydroxyl groups is 1. The van der Waals surface area contributed by atoms with Gasteiger partial charge in [-0.05, 0) is 81.0 Å². The van der Waals surface area contributed by atoms with Crippen molar-refractivity contribution in [2.24, 2.45) is 11.8 Å². The van der Waals surface area contributed by atoms with E-state index in [1.165, 1.54) is 36.1 Å². The molecular weight excluding hydrogens is 486 g/mol. The number of anilines is 1. The van der Waals surface area contributed by atoms with Crippen LogP contribution in [-0.4, -0.2) is 73.2 Å². The van der Waals surface area contributed by atoms with Crippen molar-refractivity contribution >= 4 is 17.7 Å². The van der Waals surface area contributed by atoms with E-state index < -0.39 is 0 Å². The second-order valence-corrected chi connectivity index (χ2v) is 13.0. The Bertz CT molecular complexity index is 1350. The highest BCUT2D eigenvalue weighted by Crippen LogP contribution is 2.65. The van der Waals surface area contributed by atoms with Crippen LogP contribution in [0.1, 0.15) is 54.4 Å². The molecular formula is C33H41N3O3. The maximum atomic E-state index is 13.5. The van der Waals surface area contributed by atoms with Gasteiger partial charge >= 0.3 is 0 Å². The fraction of sp³-hybridized carbons (Fsp3) is 0.545. The maximum Gasteiger partial charge on any atom is 0.246 e. The van der Waals surface area contributed by atoms with Crippen molar-refractivity contribution in [2.45, 2.75) is 69.1 Å². The Hall–Kier alpha value is -2.99. The van der Waals surface area contributed by atoms with E-state index >= 15 is 0 Å². The van der Waals surface area contributed by atoms with E-state index in [1.54, 1.807) is 6.08 Å². The van der Waals surface area contributed by atoms with Crippen LogP contribution in [0.3, 0.4) is 0 Å². The van der Waals surface area contributed by atoms with Crippen LogP contribution < -0.4 is 9.64 Å². The lowest BCUT2D eigenvalue weighted by Gasteiger charge is -2.60. The van der Waals surface area contributed by atoms with Gasteiger partial charge in [-0.15, -0.1) is 0 Å². The topological polar surface area (TPSA) is 56.2 Å². The number of rotatable bonds is 6. The molecule has 0 unspecified atom stereocenters. The molecule has 1 saturated heterocycles. The molecule has 0 aromatic heterocycles. The van der Waals surface area contributed by atoms with Gasteiger partial charge in [0, 0.05) is 62.5 Å². The number of phenols is 1. The Labute approximate surface area is 232 Å². The number of benzene rings is 2. The Balaban J connectivity index is 1.26. The Morgan fingerprint density at radius 1 is 1.18 bits per heavy atom. The monoisotopic (exact) mass is 527 g/mol. The highest BCUT2D eigenvalue weighted by Gasteiger charge is 2.67. The summed E-state index contributed by atoms with van der Waals surface area (Å²) in [4.78, 5) is 20.4. The van der Waals surface area contributed by atoms with Crippen molar-refractivity contribution < 1.29 is 14.6 Å². The van der Waals surface area contributed by atoms with Gasteiger partial charge in [0.1, 0.15) is 6.10 Å². The SMILES string of the molecule is Cc1cccc(C=CC(=O)N(C)[C@@H]2CC[C@H]3[C@H]4Cc5c(N(C)C)cc(O)c6c5[C@@]3(CCN4CC3CC3)[C@H]2O6)c1. The number of piperidine rings is 1. The third-order valence-electron chi connectivity index (χ3n) is 10.5. The van der Waals surface area contributed by atoms with Crippen LogP contribution in [0.5, 0.6) is 11.5 Å². The van der Waals surface area contributed by atoms with Crippen LogP contribution in [0.4, 0.5) is 5.69 Å². The summed E-state index contributed by atoms with van der Waals surface area (Å²) >= 11 is 0. The lowest BCUT2D eigenvalue weighted by atomic mass is 9.50. The zero-order chi connectivity index (χ0) is 27.1. The fourth-order valence-electron chi connectivity index (χ4n) is 8.54. The Kier molecular flexibility index (Phi) is 5.78. The predicted octanol–water partition coefficient (Wildman–Crippen LogP) is 4.76. The van der Waals surface area contributed by atoms with Crippen molar-refractivity contribution in [3.63, 3.8) is 0 Å². The summed E-state index contributed by atoms with van der Waals surface area (Å²) in [6.07, 6.45) is 10.3. The second-order valence-electron chi connectivity index (χ2n) is 13.0. The minimum atomic E-state index is -0.158. The van der Waals surface area contributed by atoms with E-state index in [-0.39, 0.29) is 29.2 Å². The van der Waals surface area contributed by atoms with Crippen molar-refractivity contribution in [3.05, 3.63) is 58.7 Å². The minimum Gasteiger partial charge on any atom is -0.504 e. The number of likely N-dealkylation sites (N-methyl/N-ethyl adjacent to an activating group) is 1. The predicted molar refractivity (Wildman–Crippen MR) is 154 cm³/mol. The largest absolute Gasteiger partial charge is 0.504 e. The van der Waals surface area contributed by atoms with E-state index in [0.29, 0.717) is 17.7 Å². The molecule has 2 aliphatic heterocycles. The summed E-state index contributed by atoms with van der Waals surface area (Å²) in [5.41, 5.74) is 5.77. The van der Waals surface area contributed by atoms with Crippen LogP contribution in [0.25, 0.3) is 6.08 Å². The first-order valence-electron chi connectivity index (χ1n) is 14.8. The van der Waals surface area contributed by atoms with Gasteiger partial charge in [0.25, 0.3) is 0 Å². The number of nitrogens with zero attached hydrogens (tertiary/aromatic N) is 3. The van der Waals surface area contributed by atoms with Crippen LogP contribution in [-0.2, 0) is 16.6 Å². The highest BCUT2D eigenvalue weighted by atomic mass is 16.5. The molecule has 39 heavy (non-hydrogen) atoms. The Morgan fingerprint density at radius 2 is 2.00 bits per heavy atom. The van der Waals surface area contributed by atoms with Crippen molar-refractivity contribution in [1.82, 2.24) is 9.80 Å². The lowest BCUT2D eigenvalue weighted by molar-refractivity contribution is -0.135. The zero-order valence-corrected chi connectivity index (χ0v) is 23.7. The summed E-state index contributed by atoms with van der Waals surface area (Å²) in [6.45, 7) is 4.35. The van der Waals surface area contributed by atoms with Crippen LogP contribution in [0.2, 0.25) is 0 Å². The smallest absolute Gasteiger partial charge is 0.246 e. The lowest BCUT2D eigenvalue weighted by Crippen LogP contribution is -2.69. The number of aryl methyl sites for hydroxylation is 1. The number of ether oxygens (including phenoxy) is 1. The van der Waals surface area contributed by atoms with Gasteiger partial charge in [0.15, 0.2) is 11.5 Å². The van der Waals surface area contributed by atoms with Crippen LogP contribution >= 0.6 is 0 Å². The van der Waals surface area contributed by atoms with E-state index in [1.807, 2.05) is 36.2 Å². The standard InChI is InChI=1S/C33H41N3O3/c1-20-6-5-7-21(16-20)10-13-29(38)35(4)25-12-11-24-27-17-23-26(34(2)3)18-28(37)31-30(23)33(24,32(25)39-31)14-15-36(27)19-22-8-9-22/h5-7,10,13,16,18,22,24-25,27,32,37H,8-9,11-12,14-15,17,19H2,1-4H3/t24-,25+,27+,32-,33-/m0/s1. The molecule has 1 N–H and O–H groups in total. The molecule has 3 fully saturated rings. The molecule has 6 heteroatoms. The van der Waals surface area contributed by atoms with Crippen LogP contribution in [0, 0.1) is 18.8 Å². The van der Waals surface area contributed by atoms with E-state index in [2.05, 4.69) is 43.0 Å². The van der Waals surface area contributed by atoms with E-state index in [0.717, 1.165) is 49.4 Å². The average molecular weight is 528 g/mol. The first-order valence-corrected chi connectivity index (χ1v) is 14.8. The summed E-state index contributed by atoms with van der Waals surface area (Å²) in [7, 11) is 6.08. The molecule has 2 aromatic rings. The number of carbonyl (C=O) groups excluding carboxylic acids is 1. The average Bonchev–Trinajstić information content (AvgIpc) is 3.67. The summed E-state index contributed by atoms with van der Waals surface area (Å²) in [5, 5.41) is 11.2. The van der Waals surface area contributed by atoms with Gasteiger partial charge in [0.05, 0.1) is 6.04 Å². The second kappa shape index (κ2) is 9.02. The number of carbonyl (C=O) groups is 1. The molecule has 3 aliphatic carbocycles. The van der Waals surface area contributed by atoms with Gasteiger partial charge in [-0.3, -0.25) is 9.69 Å². The molecule has 6 nitrogen and oxygen atoms in total. The molecule has 1 amide bonds. The number of amides is 1. The molecule has 7 rings (SSSR count). The quantitative estimate of drug-likeness (QED) is 0.550. The molecule has 2 aromatic carbocycles. The summed E-state index contributed by atoms with van der Waals surface area (Å²) in [5.74, 6) is 2.28. The van der Waals surface area contributed by atoms with Crippen molar-refractivity contribution in [3.8, 4) is 11.5 Å². The number of phenolic OH excluding ortho intramolecular Hbond substituents is 1. The third-order valence-corrected chi connectivity index (χ3v) is 10.5. The van der Waals surface area contributed by atoms with Gasteiger partial charge in [-0.25, -0.2) is 0 Å². The fourth-order valence-corrected chi connectivity index (χ4v) is 8.54. The number of likely N-dealkylation sites (tertiary alicyclic amines) is 1. The molecule has 5 aliphatic rings. The molecule has 2 heterocycles. The molecule has 1 spiro atoms. The van der Waals surface area contributed by atoms with Gasteiger partial charge in [-0.2, -0.15) is 0 Å². The molecule has 5 atom stereocenters. The van der Waals surface area contributed by atoms with Crippen molar-refractivity contribution in [2.75, 3.05) is 39.1 Å². The van der Waals surface area contributed by atoms with Crippen molar-refractivity contribution in [1.29, 1.82) is 0 Å². The number of hydrogen-bond donors (Lipinski definition) is 1. The Morgan fingerprint density at radius 3 is 2.74 bits per heavy atom. The van der Waals surface area contributed by atoms with Gasteiger partial charge in [-0.1, -0.05) is 29.8 Å². The summed E-state index contributed by atoms with van der Waals surface area (Å²) in [6, 6.07) is 10.6. The van der Waals surface area contributed by atoms with E-state index in [4.69, 9.17) is 4.74 Å². The van der Waals surface area contributed by atoms with Gasteiger partial charge < -0.3 is 19.6 Å².